The highest BCUT2D eigenvalue weighted by Gasteiger charge is 2.27. The third-order valence-electron chi connectivity index (χ3n) is 6.11. The van der Waals surface area contributed by atoms with Crippen molar-refractivity contribution in [2.75, 3.05) is 43.1 Å². The Morgan fingerprint density at radius 3 is 2.64 bits per heavy atom. The van der Waals surface area contributed by atoms with Gasteiger partial charge in [-0.3, -0.25) is 4.79 Å². The molecule has 2 heterocycles. The number of pyridine rings is 1. The monoisotopic (exact) mass is 491 g/mol. The van der Waals surface area contributed by atoms with Crippen molar-refractivity contribution in [2.24, 2.45) is 5.73 Å². The van der Waals surface area contributed by atoms with Crippen molar-refractivity contribution in [3.8, 4) is 0 Å². The number of halogens is 1. The molecular weight excluding hydrogens is 461 g/mol. The van der Waals surface area contributed by atoms with Gasteiger partial charge in [0, 0.05) is 49.3 Å². The Hall–Kier alpha value is -4.18. The first kappa shape index (κ1) is 24.9. The molecule has 4 rings (SSSR count). The normalized spacial score (nSPS) is 15.1. The minimum absolute atomic E-state index is 0.135. The highest BCUT2D eigenvalue weighted by molar-refractivity contribution is 5.98. The van der Waals surface area contributed by atoms with Gasteiger partial charge in [-0.05, 0) is 56.4 Å². The van der Waals surface area contributed by atoms with Crippen LogP contribution in [0.4, 0.5) is 32.1 Å². The fourth-order valence-corrected chi connectivity index (χ4v) is 4.08. The number of hydrogen-bond donors (Lipinski definition) is 4. The molecule has 0 bridgehead atoms. The molecule has 1 aliphatic rings. The molecule has 2 aromatic carbocycles. The zero-order chi connectivity index (χ0) is 25.7. The second-order valence-corrected chi connectivity index (χ2v) is 8.95. The summed E-state index contributed by atoms with van der Waals surface area (Å²) in [6, 6.07) is 15.4. The molecule has 1 atom stereocenters. The van der Waals surface area contributed by atoms with Gasteiger partial charge in [-0.1, -0.05) is 18.2 Å². The summed E-state index contributed by atoms with van der Waals surface area (Å²) in [5.41, 5.74) is 8.27. The van der Waals surface area contributed by atoms with Crippen molar-refractivity contribution in [3.63, 3.8) is 0 Å². The number of nitrogens with zero attached hydrogens (tertiary/aromatic N) is 3. The van der Waals surface area contributed by atoms with E-state index >= 15 is 0 Å². The van der Waals surface area contributed by atoms with Crippen LogP contribution in [0.25, 0.3) is 0 Å². The summed E-state index contributed by atoms with van der Waals surface area (Å²) in [4.78, 5) is 32.8. The lowest BCUT2D eigenvalue weighted by atomic mass is 10.2. The van der Waals surface area contributed by atoms with Gasteiger partial charge in [-0.2, -0.15) is 0 Å². The topological polar surface area (TPSA) is 116 Å². The summed E-state index contributed by atoms with van der Waals surface area (Å²) >= 11 is 0. The molecule has 0 saturated carbocycles. The maximum atomic E-state index is 13.5. The summed E-state index contributed by atoms with van der Waals surface area (Å²) in [6.07, 6.45) is 2.34. The molecule has 1 fully saturated rings. The van der Waals surface area contributed by atoms with E-state index in [1.165, 1.54) is 18.3 Å². The average molecular weight is 492 g/mol. The molecule has 3 aromatic rings. The number of primary amides is 1. The second-order valence-electron chi connectivity index (χ2n) is 8.95. The van der Waals surface area contributed by atoms with E-state index in [0.29, 0.717) is 48.6 Å². The summed E-state index contributed by atoms with van der Waals surface area (Å²) in [5, 5.41) is 9.27. The number of carbonyl (C=O) groups excluding carboxylic acids is 2. The summed E-state index contributed by atoms with van der Waals surface area (Å²) in [6.45, 7) is 1.71. The predicted molar refractivity (Wildman–Crippen MR) is 139 cm³/mol. The lowest BCUT2D eigenvalue weighted by molar-refractivity contribution is 0.100. The van der Waals surface area contributed by atoms with Crippen molar-refractivity contribution < 1.29 is 14.0 Å². The molecule has 36 heavy (non-hydrogen) atoms. The molecular formula is C26H30FN7O2. The van der Waals surface area contributed by atoms with Gasteiger partial charge in [0.1, 0.15) is 11.6 Å². The first-order valence-corrected chi connectivity index (χ1v) is 11.7. The maximum absolute atomic E-state index is 13.5. The van der Waals surface area contributed by atoms with Crippen LogP contribution >= 0.6 is 0 Å². The second kappa shape index (κ2) is 11.0. The van der Waals surface area contributed by atoms with E-state index in [4.69, 9.17) is 5.73 Å². The molecule has 9 nitrogen and oxygen atoms in total. The average Bonchev–Trinajstić information content (AvgIpc) is 3.34. The van der Waals surface area contributed by atoms with E-state index in [1.807, 2.05) is 37.2 Å². The molecule has 188 valence electrons. The highest BCUT2D eigenvalue weighted by atomic mass is 19.1. The highest BCUT2D eigenvalue weighted by Crippen LogP contribution is 2.24. The van der Waals surface area contributed by atoms with Gasteiger partial charge in [0.25, 0.3) is 5.91 Å². The third kappa shape index (κ3) is 6.28. The predicted octanol–water partition coefficient (Wildman–Crippen LogP) is 3.84. The number of likely N-dealkylation sites (tertiary alicyclic amines) is 1. The molecule has 0 spiro atoms. The molecule has 5 N–H and O–H groups in total. The van der Waals surface area contributed by atoms with Gasteiger partial charge in [-0.15, -0.1) is 0 Å². The van der Waals surface area contributed by atoms with Crippen LogP contribution in [-0.4, -0.2) is 59.9 Å². The number of nitrogens with one attached hydrogen (secondary N) is 3. The molecule has 0 aliphatic carbocycles. The minimum atomic E-state index is -0.626. The van der Waals surface area contributed by atoms with Crippen molar-refractivity contribution in [1.82, 2.24) is 14.8 Å². The number of anilines is 4. The van der Waals surface area contributed by atoms with Crippen LogP contribution in [-0.2, 0) is 6.54 Å². The Morgan fingerprint density at radius 2 is 1.92 bits per heavy atom. The summed E-state index contributed by atoms with van der Waals surface area (Å²) in [7, 11) is 4.04. The van der Waals surface area contributed by atoms with E-state index in [9.17, 15) is 14.0 Å². The van der Waals surface area contributed by atoms with Crippen LogP contribution in [0.15, 0.2) is 60.8 Å². The maximum Gasteiger partial charge on any atom is 0.321 e. The number of hydrogen-bond acceptors (Lipinski definition) is 6. The number of carbonyl (C=O) groups is 2. The van der Waals surface area contributed by atoms with Gasteiger partial charge in [0.05, 0.1) is 11.3 Å². The molecule has 0 radical (unpaired) electrons. The van der Waals surface area contributed by atoms with Gasteiger partial charge in [-0.25, -0.2) is 14.2 Å². The lowest BCUT2D eigenvalue weighted by Crippen LogP contribution is -2.36. The standard InChI is InChI=1S/C26H30FN7O2/c1-33(2)21-9-10-34(16-21)26(36)32-20-8-4-7-19(12-20)31-24-13-23(22(15-30-24)25(28)35)29-14-17-5-3-6-18(27)11-17/h3-8,11-13,15,21H,9-10,14,16H2,1-2H3,(H2,28,35)(H,32,36)(H2,29,30,31)/t21-/m1/s1. The van der Waals surface area contributed by atoms with Gasteiger partial charge in [0.2, 0.25) is 0 Å². The fourth-order valence-electron chi connectivity index (χ4n) is 4.08. The van der Waals surface area contributed by atoms with E-state index in [2.05, 4.69) is 25.8 Å². The lowest BCUT2D eigenvalue weighted by Gasteiger charge is -2.21. The minimum Gasteiger partial charge on any atom is -0.380 e. The number of amides is 3. The zero-order valence-corrected chi connectivity index (χ0v) is 20.3. The van der Waals surface area contributed by atoms with Crippen LogP contribution in [0, 0.1) is 5.82 Å². The quantitative estimate of drug-likeness (QED) is 0.381. The van der Waals surface area contributed by atoms with Crippen LogP contribution in [0.3, 0.4) is 0 Å². The number of likely N-dealkylation sites (N-methyl/N-ethyl adjacent to an activating group) is 1. The van der Waals surface area contributed by atoms with Crippen molar-refractivity contribution in [1.29, 1.82) is 0 Å². The Bertz CT molecular complexity index is 1250. The Balaban J connectivity index is 1.44. The zero-order valence-electron chi connectivity index (χ0n) is 20.3. The van der Waals surface area contributed by atoms with Crippen molar-refractivity contribution in [2.45, 2.75) is 19.0 Å². The Morgan fingerprint density at radius 1 is 1.14 bits per heavy atom. The largest absolute Gasteiger partial charge is 0.380 e. The number of urea groups is 1. The van der Waals surface area contributed by atoms with E-state index < -0.39 is 5.91 Å². The number of benzene rings is 2. The summed E-state index contributed by atoms with van der Waals surface area (Å²) in [5.74, 6) is -0.492. The smallest absolute Gasteiger partial charge is 0.321 e. The van der Waals surface area contributed by atoms with E-state index in [1.54, 1.807) is 24.3 Å². The number of nitrogens with two attached hydrogens (primary N) is 1. The molecule has 10 heteroatoms. The third-order valence-corrected chi connectivity index (χ3v) is 6.11. The molecule has 3 amide bonds. The number of aromatic nitrogens is 1. The van der Waals surface area contributed by atoms with Crippen LogP contribution in [0.5, 0.6) is 0 Å². The van der Waals surface area contributed by atoms with Gasteiger partial charge in [0.15, 0.2) is 0 Å². The van der Waals surface area contributed by atoms with E-state index in [0.717, 1.165) is 12.0 Å². The molecule has 0 unspecified atom stereocenters. The van der Waals surface area contributed by atoms with Gasteiger partial charge >= 0.3 is 6.03 Å². The SMILES string of the molecule is CN(C)[C@@H]1CCN(C(=O)Nc2cccc(Nc3cc(NCc4cccc(F)c4)c(C(N)=O)cn3)c2)C1. The first-order valence-electron chi connectivity index (χ1n) is 11.7. The molecule has 1 saturated heterocycles. The summed E-state index contributed by atoms with van der Waals surface area (Å²) < 4.78 is 13.5. The van der Waals surface area contributed by atoms with Crippen LogP contribution in [0.1, 0.15) is 22.3 Å². The van der Waals surface area contributed by atoms with Gasteiger partial charge < -0.3 is 31.5 Å². The van der Waals surface area contributed by atoms with Crippen LogP contribution < -0.4 is 21.7 Å². The molecule has 1 aliphatic heterocycles. The van der Waals surface area contributed by atoms with Crippen LogP contribution in [0.2, 0.25) is 0 Å². The molecule has 1 aromatic heterocycles. The van der Waals surface area contributed by atoms with Crippen molar-refractivity contribution in [3.05, 3.63) is 77.7 Å². The fraction of sp³-hybridized carbons (Fsp3) is 0.269. The Labute approximate surface area is 209 Å². The Kier molecular flexibility index (Phi) is 7.65. The van der Waals surface area contributed by atoms with Crippen molar-refractivity contribution >= 4 is 34.8 Å². The first-order chi connectivity index (χ1) is 17.3. The number of rotatable bonds is 8. The van der Waals surface area contributed by atoms with E-state index in [-0.39, 0.29) is 17.4 Å².